The van der Waals surface area contributed by atoms with E-state index in [1.54, 1.807) is 7.11 Å². The van der Waals surface area contributed by atoms with Crippen molar-refractivity contribution in [3.05, 3.63) is 57.6 Å². The van der Waals surface area contributed by atoms with Crippen molar-refractivity contribution in [2.24, 2.45) is 0 Å². The second-order valence-corrected chi connectivity index (χ2v) is 4.62. The van der Waals surface area contributed by atoms with Gasteiger partial charge in [-0.3, -0.25) is 10.1 Å². The topological polar surface area (TPSA) is 84.6 Å². The Kier molecular flexibility index (Phi) is 4.27. The van der Waals surface area contributed by atoms with Crippen LogP contribution in [-0.2, 0) is 6.54 Å². The van der Waals surface area contributed by atoms with Crippen molar-refractivity contribution in [1.29, 1.82) is 0 Å². The van der Waals surface area contributed by atoms with Gasteiger partial charge in [-0.1, -0.05) is 12.1 Å². The Hall–Kier alpha value is -2.76. The fourth-order valence-corrected chi connectivity index (χ4v) is 2.07. The molecule has 0 heterocycles. The van der Waals surface area contributed by atoms with Crippen LogP contribution in [0.4, 0.5) is 11.4 Å². The third-order valence-electron chi connectivity index (χ3n) is 3.12. The first kappa shape index (κ1) is 14.6. The molecule has 6 nitrogen and oxygen atoms in total. The largest absolute Gasteiger partial charge is 0.508 e. The number of nitrogens with zero attached hydrogens (tertiary/aromatic N) is 1. The molecule has 0 bridgehead atoms. The van der Waals surface area contributed by atoms with E-state index in [4.69, 9.17) is 4.74 Å². The molecule has 2 rings (SSSR count). The third kappa shape index (κ3) is 3.42. The summed E-state index contributed by atoms with van der Waals surface area (Å²) in [5.74, 6) is 0.668. The number of nitro benzene ring substituents is 1. The number of aryl methyl sites for hydroxylation is 1. The number of nitro groups is 1. The van der Waals surface area contributed by atoms with Gasteiger partial charge in [0.15, 0.2) is 0 Å². The van der Waals surface area contributed by atoms with Crippen LogP contribution in [0.15, 0.2) is 36.4 Å². The maximum atomic E-state index is 11.0. The molecule has 0 spiro atoms. The average Bonchev–Trinajstić information content (AvgIpc) is 2.46. The van der Waals surface area contributed by atoms with Gasteiger partial charge in [-0.25, -0.2) is 0 Å². The van der Waals surface area contributed by atoms with Crippen LogP contribution >= 0.6 is 0 Å². The van der Waals surface area contributed by atoms with Crippen molar-refractivity contribution in [3.63, 3.8) is 0 Å². The summed E-state index contributed by atoms with van der Waals surface area (Å²) < 4.78 is 5.19. The zero-order chi connectivity index (χ0) is 15.4. The minimum Gasteiger partial charge on any atom is -0.508 e. The predicted octanol–water partition coefficient (Wildman–Crippen LogP) is 3.23. The molecule has 0 fully saturated rings. The molecule has 21 heavy (non-hydrogen) atoms. The molecule has 2 aromatic rings. The van der Waals surface area contributed by atoms with Gasteiger partial charge in [0.25, 0.3) is 5.69 Å². The highest BCUT2D eigenvalue weighted by molar-refractivity contribution is 5.63. The van der Waals surface area contributed by atoms with Crippen LogP contribution in [0.25, 0.3) is 0 Å². The quantitative estimate of drug-likeness (QED) is 0.501. The molecule has 6 heteroatoms. The molecule has 0 unspecified atom stereocenters. The minimum absolute atomic E-state index is 0.132. The first-order valence-electron chi connectivity index (χ1n) is 6.36. The van der Waals surface area contributed by atoms with Crippen LogP contribution in [0.5, 0.6) is 11.5 Å². The average molecular weight is 288 g/mol. The molecular formula is C15H16N2O4. The number of nitrogens with one attached hydrogen (secondary N) is 1. The lowest BCUT2D eigenvalue weighted by Gasteiger charge is -2.10. The van der Waals surface area contributed by atoms with Gasteiger partial charge in [-0.05, 0) is 36.2 Å². The van der Waals surface area contributed by atoms with E-state index in [2.05, 4.69) is 5.32 Å². The second kappa shape index (κ2) is 6.13. The Morgan fingerprint density at radius 3 is 2.67 bits per heavy atom. The predicted molar refractivity (Wildman–Crippen MR) is 79.8 cm³/mol. The maximum absolute atomic E-state index is 11.0. The van der Waals surface area contributed by atoms with Crippen LogP contribution in [0, 0.1) is 17.0 Å². The highest BCUT2D eigenvalue weighted by atomic mass is 16.6. The summed E-state index contributed by atoms with van der Waals surface area (Å²) in [5, 5.41) is 23.3. The van der Waals surface area contributed by atoms with Crippen molar-refractivity contribution >= 4 is 11.4 Å². The zero-order valence-electron chi connectivity index (χ0n) is 11.8. The number of phenolic OH excluding ortho intramolecular Hbond substituents is 1. The number of anilines is 1. The van der Waals surface area contributed by atoms with E-state index in [0.717, 1.165) is 22.9 Å². The van der Waals surface area contributed by atoms with Gasteiger partial charge in [-0.15, -0.1) is 0 Å². The molecule has 0 aliphatic heterocycles. The number of aromatic hydroxyl groups is 1. The molecule has 110 valence electrons. The van der Waals surface area contributed by atoms with E-state index >= 15 is 0 Å². The van der Waals surface area contributed by atoms with Gasteiger partial charge >= 0.3 is 0 Å². The Balaban J connectivity index is 2.16. The Morgan fingerprint density at radius 1 is 1.29 bits per heavy atom. The van der Waals surface area contributed by atoms with Crippen LogP contribution in [0.2, 0.25) is 0 Å². The lowest BCUT2D eigenvalue weighted by Crippen LogP contribution is -2.03. The smallest absolute Gasteiger partial charge is 0.296 e. The Bertz CT molecular complexity index is 671. The molecule has 0 aromatic heterocycles. The number of benzene rings is 2. The molecular weight excluding hydrogens is 272 g/mol. The van der Waals surface area contributed by atoms with E-state index < -0.39 is 4.92 Å². The zero-order valence-corrected chi connectivity index (χ0v) is 11.8. The Labute approximate surface area is 122 Å². The van der Waals surface area contributed by atoms with Gasteiger partial charge in [0.2, 0.25) is 0 Å². The molecule has 0 aliphatic rings. The maximum Gasteiger partial charge on any atom is 0.296 e. The van der Waals surface area contributed by atoms with Crippen molar-refractivity contribution in [1.82, 2.24) is 0 Å². The number of hydrogen-bond acceptors (Lipinski definition) is 5. The summed E-state index contributed by atoms with van der Waals surface area (Å²) >= 11 is 0. The lowest BCUT2D eigenvalue weighted by atomic mass is 10.1. The summed E-state index contributed by atoms with van der Waals surface area (Å²) in [5.41, 5.74) is 2.19. The summed E-state index contributed by atoms with van der Waals surface area (Å²) in [4.78, 5) is 10.4. The summed E-state index contributed by atoms with van der Waals surface area (Å²) in [6.07, 6.45) is 0. The number of ether oxygens (including phenoxy) is 1. The SMILES string of the molecule is COc1ccc(CNc2ccc(O)cc2[N+](=O)[O-])cc1C. The van der Waals surface area contributed by atoms with Crippen molar-refractivity contribution in [2.75, 3.05) is 12.4 Å². The first-order valence-corrected chi connectivity index (χ1v) is 6.36. The van der Waals surface area contributed by atoms with Gasteiger partial charge in [0.1, 0.15) is 17.2 Å². The van der Waals surface area contributed by atoms with E-state index in [9.17, 15) is 15.2 Å². The number of phenols is 1. The van der Waals surface area contributed by atoms with Crippen LogP contribution < -0.4 is 10.1 Å². The molecule has 0 amide bonds. The monoisotopic (exact) mass is 288 g/mol. The second-order valence-electron chi connectivity index (χ2n) is 4.62. The number of rotatable bonds is 5. The van der Waals surface area contributed by atoms with E-state index in [1.165, 1.54) is 12.1 Å². The van der Waals surface area contributed by atoms with E-state index in [-0.39, 0.29) is 11.4 Å². The van der Waals surface area contributed by atoms with Gasteiger partial charge in [-0.2, -0.15) is 0 Å². The summed E-state index contributed by atoms with van der Waals surface area (Å²) in [6.45, 7) is 2.38. The molecule has 0 atom stereocenters. The third-order valence-corrected chi connectivity index (χ3v) is 3.12. The molecule has 0 radical (unpaired) electrons. The minimum atomic E-state index is -0.526. The first-order chi connectivity index (χ1) is 10.0. The normalized spacial score (nSPS) is 10.2. The van der Waals surface area contributed by atoms with E-state index in [0.29, 0.717) is 12.2 Å². The highest BCUT2D eigenvalue weighted by Crippen LogP contribution is 2.29. The van der Waals surface area contributed by atoms with Crippen molar-refractivity contribution < 1.29 is 14.8 Å². The molecule has 0 saturated carbocycles. The number of methoxy groups -OCH3 is 1. The molecule has 2 N–H and O–H groups in total. The molecule has 2 aromatic carbocycles. The van der Waals surface area contributed by atoms with Crippen LogP contribution in [0.3, 0.4) is 0 Å². The van der Waals surface area contributed by atoms with Crippen molar-refractivity contribution in [2.45, 2.75) is 13.5 Å². The standard InChI is InChI=1S/C15H16N2O4/c1-10-7-11(3-6-15(10)21-2)9-16-13-5-4-12(18)8-14(13)17(19)20/h3-8,16,18H,9H2,1-2H3. The molecule has 0 aliphatic carbocycles. The lowest BCUT2D eigenvalue weighted by molar-refractivity contribution is -0.384. The van der Waals surface area contributed by atoms with Crippen molar-refractivity contribution in [3.8, 4) is 11.5 Å². The Morgan fingerprint density at radius 2 is 2.05 bits per heavy atom. The van der Waals surface area contributed by atoms with Crippen LogP contribution in [-0.4, -0.2) is 17.1 Å². The van der Waals surface area contributed by atoms with Gasteiger partial charge < -0.3 is 15.2 Å². The number of hydrogen-bond donors (Lipinski definition) is 2. The summed E-state index contributed by atoms with van der Waals surface area (Å²) in [7, 11) is 1.61. The highest BCUT2D eigenvalue weighted by Gasteiger charge is 2.14. The van der Waals surface area contributed by atoms with Crippen LogP contribution in [0.1, 0.15) is 11.1 Å². The van der Waals surface area contributed by atoms with Gasteiger partial charge in [0.05, 0.1) is 18.1 Å². The van der Waals surface area contributed by atoms with Gasteiger partial charge in [0, 0.05) is 6.54 Å². The van der Waals surface area contributed by atoms with E-state index in [1.807, 2.05) is 25.1 Å². The fraction of sp³-hybridized carbons (Fsp3) is 0.200. The summed E-state index contributed by atoms with van der Waals surface area (Å²) in [6, 6.07) is 9.74. The fourth-order valence-electron chi connectivity index (χ4n) is 2.07. The molecule has 0 saturated heterocycles.